The molecule has 0 aromatic rings. The van der Waals surface area contributed by atoms with Gasteiger partial charge in [-0.05, 0) is 0 Å². The Bertz CT molecular complexity index is 11.6. The van der Waals surface area contributed by atoms with Crippen molar-refractivity contribution in [1.82, 2.24) is 0 Å². The Morgan fingerprint density at radius 2 is 1.00 bits per heavy atom. The first kappa shape index (κ1) is 38.2. The van der Waals surface area contributed by atoms with E-state index in [1.165, 1.54) is 0 Å². The molecule has 0 N–H and O–H groups in total. The molecule has 0 saturated carbocycles. The van der Waals surface area contributed by atoms with E-state index in [1.807, 2.05) is 0 Å². The maximum absolute atomic E-state index is 0. The Balaban J connectivity index is 0. The van der Waals surface area contributed by atoms with Crippen LogP contribution in [-0.4, -0.2) is 59.3 Å². The standard InChI is InChI=1S/Al.Li.Mg.Y.Zn.6H. The van der Waals surface area contributed by atoms with Gasteiger partial charge in [-0.15, -0.1) is 0 Å². The summed E-state index contributed by atoms with van der Waals surface area (Å²) in [6.07, 6.45) is 0. The molecule has 0 saturated heterocycles. The van der Waals surface area contributed by atoms with Crippen molar-refractivity contribution < 1.29 is 52.2 Å². The monoisotopic (exact) mass is 217 g/mol. The van der Waals surface area contributed by atoms with Crippen LogP contribution in [-0.2, 0) is 52.2 Å². The maximum Gasteiger partial charge on any atom is 0.316 e. The van der Waals surface area contributed by atoms with E-state index >= 15 is 0 Å². The van der Waals surface area contributed by atoms with E-state index in [2.05, 4.69) is 0 Å². The van der Waals surface area contributed by atoms with E-state index in [0.717, 1.165) is 0 Å². The Labute approximate surface area is 109 Å². The van der Waals surface area contributed by atoms with Gasteiger partial charge in [0, 0.05) is 52.2 Å². The average molecular weight is 219 g/mol. The van der Waals surface area contributed by atoms with Gasteiger partial charge in [-0.25, -0.2) is 0 Å². The third-order valence-electron chi connectivity index (χ3n) is 0. The van der Waals surface area contributed by atoms with Gasteiger partial charge in [-0.1, -0.05) is 0 Å². The molecule has 0 nitrogen and oxygen atoms in total. The summed E-state index contributed by atoms with van der Waals surface area (Å²) in [4.78, 5) is 0. The van der Waals surface area contributed by atoms with Crippen molar-refractivity contribution in [3.63, 3.8) is 0 Å². The molecular weight excluding hydrogens is 213 g/mol. The predicted molar refractivity (Wildman–Crippen MR) is 25.6 cm³/mol. The fraction of sp³-hybridized carbons (Fsp3) is 0. The van der Waals surface area contributed by atoms with Gasteiger partial charge in [0.2, 0.25) is 0 Å². The van der Waals surface area contributed by atoms with E-state index < -0.39 is 0 Å². The SMILES string of the molecule is [AlH3].[LiH].[MgH2].[Y].[Zn]. The van der Waals surface area contributed by atoms with Crippen LogP contribution in [0.2, 0.25) is 0 Å². The van der Waals surface area contributed by atoms with Crippen molar-refractivity contribution >= 4 is 59.3 Å². The molecule has 1 radical (unpaired) electrons. The average Bonchev–Trinajstić information content (AvgIpc) is 0. The normalized spacial score (nSPS) is 0. The Morgan fingerprint density at radius 1 is 1.00 bits per heavy atom. The molecule has 0 rings (SSSR count). The Kier molecular flexibility index (Phi) is 194. The zero-order chi connectivity index (χ0) is 0. The number of hydrogen-bond acceptors (Lipinski definition) is 0. The molecule has 0 aromatic heterocycles. The van der Waals surface area contributed by atoms with Gasteiger partial charge in [0.1, 0.15) is 0 Å². The van der Waals surface area contributed by atoms with E-state index in [0.29, 0.717) is 0 Å². The van der Waals surface area contributed by atoms with Crippen LogP contribution in [0.3, 0.4) is 0 Å². The summed E-state index contributed by atoms with van der Waals surface area (Å²) in [5.74, 6) is 0. The molecule has 0 bridgehead atoms. The molecule has 5 heteroatoms. The predicted octanol–water partition coefficient (Wildman–Crippen LogP) is -2.75. The first-order valence-electron chi connectivity index (χ1n) is 0. The van der Waals surface area contributed by atoms with Crippen molar-refractivity contribution in [2.45, 2.75) is 0 Å². The van der Waals surface area contributed by atoms with E-state index in [9.17, 15) is 0 Å². The second-order valence-electron chi connectivity index (χ2n) is 0. The van der Waals surface area contributed by atoms with Crippen LogP contribution >= 0.6 is 0 Å². The van der Waals surface area contributed by atoms with Gasteiger partial charge >= 0.3 is 41.9 Å². The van der Waals surface area contributed by atoms with Crippen LogP contribution in [0.1, 0.15) is 0 Å². The van der Waals surface area contributed by atoms with Crippen LogP contribution in [0.15, 0.2) is 0 Å². The fourth-order valence-electron chi connectivity index (χ4n) is 0. The van der Waals surface area contributed by atoms with E-state index in [1.54, 1.807) is 0 Å². The number of hydrogen-bond donors (Lipinski definition) is 0. The number of rotatable bonds is 0. The third-order valence-corrected chi connectivity index (χ3v) is 0. The molecule has 0 fully saturated rings. The van der Waals surface area contributed by atoms with Crippen molar-refractivity contribution in [2.24, 2.45) is 0 Å². The molecule has 5 heavy (non-hydrogen) atoms. The maximum atomic E-state index is 0. The second kappa shape index (κ2) is 25.5. The summed E-state index contributed by atoms with van der Waals surface area (Å²) < 4.78 is 0. The molecule has 0 aliphatic carbocycles. The van der Waals surface area contributed by atoms with Crippen LogP contribution in [0.5, 0.6) is 0 Å². The summed E-state index contributed by atoms with van der Waals surface area (Å²) >= 11 is 0. The molecule has 0 aliphatic rings. The Morgan fingerprint density at radius 3 is 1.00 bits per heavy atom. The van der Waals surface area contributed by atoms with Gasteiger partial charge in [-0.3, -0.25) is 0 Å². The zero-order valence-corrected chi connectivity index (χ0v) is 7.09. The molecular formula is H6AlLiMgYZn. The van der Waals surface area contributed by atoms with Crippen molar-refractivity contribution in [3.05, 3.63) is 0 Å². The second-order valence-corrected chi connectivity index (χ2v) is 0. The summed E-state index contributed by atoms with van der Waals surface area (Å²) in [7, 11) is 0. The first-order chi connectivity index (χ1) is 0. The molecule has 0 amide bonds. The van der Waals surface area contributed by atoms with Gasteiger partial charge in [0.15, 0.2) is 17.4 Å². The van der Waals surface area contributed by atoms with Crippen molar-refractivity contribution in [2.75, 3.05) is 0 Å². The summed E-state index contributed by atoms with van der Waals surface area (Å²) in [6, 6.07) is 0. The molecule has 17 valence electrons. The minimum atomic E-state index is 0. The molecule has 0 aromatic carbocycles. The smallest absolute Gasteiger partial charge is 0 e. The van der Waals surface area contributed by atoms with Crippen molar-refractivity contribution in [1.29, 1.82) is 0 Å². The quantitative estimate of drug-likeness (QED) is 0.387. The zero-order valence-electron chi connectivity index (χ0n) is 1.28. The third kappa shape index (κ3) is 18.4. The van der Waals surface area contributed by atoms with Crippen molar-refractivity contribution in [3.8, 4) is 0 Å². The molecule has 0 aliphatic heterocycles. The van der Waals surface area contributed by atoms with Crippen LogP contribution < -0.4 is 0 Å². The fourth-order valence-corrected chi connectivity index (χ4v) is 0. The first-order valence-corrected chi connectivity index (χ1v) is 0. The topological polar surface area (TPSA) is 0 Å². The van der Waals surface area contributed by atoms with Gasteiger partial charge in [0.25, 0.3) is 0 Å². The molecule has 0 heterocycles. The molecule has 0 spiro atoms. The van der Waals surface area contributed by atoms with Crippen LogP contribution in [0.25, 0.3) is 0 Å². The summed E-state index contributed by atoms with van der Waals surface area (Å²) in [6.45, 7) is 0. The summed E-state index contributed by atoms with van der Waals surface area (Å²) in [5.41, 5.74) is 0. The van der Waals surface area contributed by atoms with E-state index in [4.69, 9.17) is 0 Å². The summed E-state index contributed by atoms with van der Waals surface area (Å²) in [5, 5.41) is 0. The largest absolute Gasteiger partial charge is 0.316 e. The van der Waals surface area contributed by atoms with E-state index in [-0.39, 0.29) is 111 Å². The van der Waals surface area contributed by atoms with Gasteiger partial charge in [0.05, 0.1) is 0 Å². The minimum Gasteiger partial charge on any atom is 0 e. The Hall–Kier alpha value is 3.62. The minimum absolute atomic E-state index is 0. The van der Waals surface area contributed by atoms with Crippen LogP contribution in [0.4, 0.5) is 0 Å². The van der Waals surface area contributed by atoms with Gasteiger partial charge in [-0.2, -0.15) is 0 Å². The molecule has 0 unspecified atom stereocenters. The molecule has 0 atom stereocenters. The van der Waals surface area contributed by atoms with Gasteiger partial charge < -0.3 is 0 Å². The van der Waals surface area contributed by atoms with Crippen LogP contribution in [0, 0.1) is 0 Å².